The van der Waals surface area contributed by atoms with Crippen LogP contribution in [0.25, 0.3) is 0 Å². The lowest BCUT2D eigenvalue weighted by Gasteiger charge is -2.11. The molecule has 102 valence electrons. The van der Waals surface area contributed by atoms with Gasteiger partial charge in [0.05, 0.1) is 27.4 Å². The zero-order chi connectivity index (χ0) is 15.4. The highest BCUT2D eigenvalue weighted by molar-refractivity contribution is 5.73. The van der Waals surface area contributed by atoms with Crippen LogP contribution in [0.15, 0.2) is 36.4 Å². The first-order valence-electron chi connectivity index (χ1n) is 6.02. The number of hydrogen-bond donors (Lipinski definition) is 1. The first-order chi connectivity index (χ1) is 10.1. The largest absolute Gasteiger partial charge is 0.353 e. The van der Waals surface area contributed by atoms with Crippen LogP contribution < -0.4 is 5.32 Å². The molecule has 1 N–H and O–H groups in total. The topological polar surface area (TPSA) is 103 Å². The number of rotatable bonds is 3. The van der Waals surface area contributed by atoms with E-state index in [-0.39, 0.29) is 11.3 Å². The van der Waals surface area contributed by atoms with Crippen LogP contribution in [0.1, 0.15) is 16.7 Å². The summed E-state index contributed by atoms with van der Waals surface area (Å²) in [6.07, 6.45) is 0. The smallest absolute Gasteiger partial charge is 0.270 e. The van der Waals surface area contributed by atoms with E-state index in [1.54, 1.807) is 12.1 Å². The molecule has 0 aliphatic heterocycles. The van der Waals surface area contributed by atoms with E-state index in [2.05, 4.69) is 11.4 Å². The summed E-state index contributed by atoms with van der Waals surface area (Å²) in [6.45, 7) is 1.81. The predicted molar refractivity (Wildman–Crippen MR) is 77.0 cm³/mol. The van der Waals surface area contributed by atoms with E-state index in [9.17, 15) is 15.4 Å². The molecule has 21 heavy (non-hydrogen) atoms. The fourth-order valence-electron chi connectivity index (χ4n) is 1.91. The Bertz CT molecular complexity index is 800. The fraction of sp³-hybridized carbons (Fsp3) is 0.0667. The van der Waals surface area contributed by atoms with Crippen molar-refractivity contribution >= 4 is 17.1 Å². The van der Waals surface area contributed by atoms with Crippen molar-refractivity contribution < 1.29 is 4.92 Å². The van der Waals surface area contributed by atoms with Gasteiger partial charge in [-0.15, -0.1) is 0 Å². The van der Waals surface area contributed by atoms with E-state index >= 15 is 0 Å². The Morgan fingerprint density at radius 2 is 1.90 bits per heavy atom. The van der Waals surface area contributed by atoms with Crippen LogP contribution in [0.3, 0.4) is 0 Å². The minimum absolute atomic E-state index is 0.148. The van der Waals surface area contributed by atoms with Crippen LogP contribution in [0.4, 0.5) is 17.1 Å². The number of hydrogen-bond acceptors (Lipinski definition) is 5. The number of nitrogens with one attached hydrogen (secondary N) is 1. The molecule has 2 aromatic rings. The van der Waals surface area contributed by atoms with E-state index in [1.807, 2.05) is 19.1 Å². The van der Waals surface area contributed by atoms with Crippen molar-refractivity contribution in [3.63, 3.8) is 0 Å². The molecule has 2 rings (SSSR count). The van der Waals surface area contributed by atoms with Gasteiger partial charge in [-0.3, -0.25) is 10.1 Å². The van der Waals surface area contributed by atoms with Gasteiger partial charge in [-0.1, -0.05) is 12.1 Å². The summed E-state index contributed by atoms with van der Waals surface area (Å²) in [6, 6.07) is 13.3. The number of nitriles is 2. The third-order valence-electron chi connectivity index (χ3n) is 2.99. The second kappa shape index (κ2) is 5.72. The van der Waals surface area contributed by atoms with Gasteiger partial charge in [-0.2, -0.15) is 10.5 Å². The number of benzene rings is 2. The van der Waals surface area contributed by atoms with Gasteiger partial charge in [0.2, 0.25) is 0 Å². The molecule has 0 amide bonds. The van der Waals surface area contributed by atoms with Crippen LogP contribution in [0, 0.1) is 39.7 Å². The molecular formula is C15H10N4O2. The highest BCUT2D eigenvalue weighted by Crippen LogP contribution is 2.27. The van der Waals surface area contributed by atoms with Gasteiger partial charge in [-0.25, -0.2) is 0 Å². The van der Waals surface area contributed by atoms with Crippen LogP contribution in [-0.4, -0.2) is 4.92 Å². The zero-order valence-electron chi connectivity index (χ0n) is 11.1. The average molecular weight is 278 g/mol. The van der Waals surface area contributed by atoms with Gasteiger partial charge in [0.1, 0.15) is 12.1 Å². The Kier molecular flexibility index (Phi) is 3.83. The van der Waals surface area contributed by atoms with Gasteiger partial charge in [0.15, 0.2) is 0 Å². The molecule has 0 spiro atoms. The lowest BCUT2D eigenvalue weighted by molar-refractivity contribution is -0.384. The molecule has 0 aliphatic carbocycles. The van der Waals surface area contributed by atoms with Gasteiger partial charge in [0, 0.05) is 12.1 Å². The number of non-ortho nitro benzene ring substituents is 1. The Labute approximate surface area is 121 Å². The summed E-state index contributed by atoms with van der Waals surface area (Å²) in [5.74, 6) is 0. The number of aryl methyl sites for hydroxylation is 1. The number of anilines is 2. The molecule has 0 aromatic heterocycles. The Morgan fingerprint density at radius 1 is 1.14 bits per heavy atom. The van der Waals surface area contributed by atoms with Crippen molar-refractivity contribution in [3.05, 3.63) is 63.2 Å². The lowest BCUT2D eigenvalue weighted by Crippen LogP contribution is -1.98. The standard InChI is InChI=1S/C15H10N4O2/c1-10-3-2-4-15(13(10)9-17)18-14-6-5-12(19(20)21)7-11(14)8-16/h2-7,18H,1H3. The molecule has 0 bridgehead atoms. The molecule has 0 heterocycles. The highest BCUT2D eigenvalue weighted by atomic mass is 16.6. The van der Waals surface area contributed by atoms with E-state index < -0.39 is 4.92 Å². The molecule has 0 radical (unpaired) electrons. The van der Waals surface area contributed by atoms with Crippen molar-refractivity contribution in [3.8, 4) is 12.1 Å². The second-order valence-electron chi connectivity index (χ2n) is 4.33. The molecule has 0 fully saturated rings. The lowest BCUT2D eigenvalue weighted by atomic mass is 10.1. The first kappa shape index (κ1) is 14.0. The quantitative estimate of drug-likeness (QED) is 0.684. The predicted octanol–water partition coefficient (Wildman–Crippen LogP) is 3.39. The maximum absolute atomic E-state index is 10.7. The fourth-order valence-corrected chi connectivity index (χ4v) is 1.91. The molecule has 0 saturated carbocycles. The van der Waals surface area contributed by atoms with Crippen LogP contribution >= 0.6 is 0 Å². The normalized spacial score (nSPS) is 9.48. The minimum atomic E-state index is -0.558. The summed E-state index contributed by atoms with van der Waals surface area (Å²) < 4.78 is 0. The Morgan fingerprint density at radius 3 is 2.52 bits per heavy atom. The van der Waals surface area contributed by atoms with Crippen molar-refractivity contribution in [2.75, 3.05) is 5.32 Å². The first-order valence-corrected chi connectivity index (χ1v) is 6.02. The molecule has 0 atom stereocenters. The van der Waals surface area contributed by atoms with Crippen LogP contribution in [-0.2, 0) is 0 Å². The summed E-state index contributed by atoms with van der Waals surface area (Å²) in [4.78, 5) is 10.2. The zero-order valence-corrected chi connectivity index (χ0v) is 11.1. The molecule has 6 heteroatoms. The summed E-state index contributed by atoms with van der Waals surface area (Å²) in [5.41, 5.74) is 2.26. The summed E-state index contributed by atoms with van der Waals surface area (Å²) >= 11 is 0. The molecular weight excluding hydrogens is 268 g/mol. The van der Waals surface area contributed by atoms with Crippen LogP contribution in [0.2, 0.25) is 0 Å². The average Bonchev–Trinajstić information content (AvgIpc) is 2.47. The van der Waals surface area contributed by atoms with Crippen LogP contribution in [0.5, 0.6) is 0 Å². The Balaban J connectivity index is 2.46. The SMILES string of the molecule is Cc1cccc(Nc2ccc([N+](=O)[O-])cc2C#N)c1C#N. The van der Waals surface area contributed by atoms with E-state index in [4.69, 9.17) is 5.26 Å². The van der Waals surface area contributed by atoms with Crippen molar-refractivity contribution in [2.45, 2.75) is 6.92 Å². The molecule has 6 nitrogen and oxygen atoms in total. The number of nitrogens with zero attached hydrogens (tertiary/aromatic N) is 3. The Hall–Kier alpha value is -3.38. The van der Waals surface area contributed by atoms with Crippen molar-refractivity contribution in [2.24, 2.45) is 0 Å². The van der Waals surface area contributed by atoms with E-state index in [0.29, 0.717) is 16.9 Å². The highest BCUT2D eigenvalue weighted by Gasteiger charge is 2.12. The van der Waals surface area contributed by atoms with Gasteiger partial charge in [-0.05, 0) is 24.6 Å². The second-order valence-corrected chi connectivity index (χ2v) is 4.33. The van der Waals surface area contributed by atoms with Gasteiger partial charge >= 0.3 is 0 Å². The summed E-state index contributed by atoms with van der Waals surface area (Å²) in [5, 5.41) is 32.0. The summed E-state index contributed by atoms with van der Waals surface area (Å²) in [7, 11) is 0. The maximum Gasteiger partial charge on any atom is 0.270 e. The van der Waals surface area contributed by atoms with Gasteiger partial charge < -0.3 is 5.32 Å². The van der Waals surface area contributed by atoms with Crippen molar-refractivity contribution in [1.29, 1.82) is 10.5 Å². The minimum Gasteiger partial charge on any atom is -0.353 e. The molecule has 2 aromatic carbocycles. The number of nitro groups is 1. The number of nitro benzene ring substituents is 1. The maximum atomic E-state index is 10.7. The van der Waals surface area contributed by atoms with Crippen molar-refractivity contribution in [1.82, 2.24) is 0 Å². The monoisotopic (exact) mass is 278 g/mol. The van der Waals surface area contributed by atoms with E-state index in [0.717, 1.165) is 5.56 Å². The molecule has 0 saturated heterocycles. The third-order valence-corrected chi connectivity index (χ3v) is 2.99. The molecule has 0 unspecified atom stereocenters. The molecule has 0 aliphatic rings. The van der Waals surface area contributed by atoms with E-state index in [1.165, 1.54) is 18.2 Å². The third kappa shape index (κ3) is 2.80. The van der Waals surface area contributed by atoms with Gasteiger partial charge in [0.25, 0.3) is 5.69 Å².